The molecule has 0 unspecified atom stereocenters. The number of allylic oxidation sites excluding steroid dienone is 3. The molecule has 1 aromatic carbocycles. The van der Waals surface area contributed by atoms with Gasteiger partial charge in [0.25, 0.3) is 0 Å². The normalized spacial score (nSPS) is 11.4. The average molecular weight is 172 g/mol. The summed E-state index contributed by atoms with van der Waals surface area (Å²) in [5, 5.41) is 0. The molecule has 0 nitrogen and oxygen atoms in total. The van der Waals surface area contributed by atoms with Gasteiger partial charge < -0.3 is 0 Å². The van der Waals surface area contributed by atoms with Crippen molar-refractivity contribution >= 4 is 0 Å². The van der Waals surface area contributed by atoms with E-state index in [9.17, 15) is 0 Å². The molecule has 68 valence electrons. The number of hydrogen-bond acceptors (Lipinski definition) is 0. The monoisotopic (exact) mass is 172 g/mol. The predicted octanol–water partition coefficient (Wildman–Crippen LogP) is 3.67. The van der Waals surface area contributed by atoms with Crippen LogP contribution in [0.25, 0.3) is 0 Å². The summed E-state index contributed by atoms with van der Waals surface area (Å²) < 4.78 is 0. The van der Waals surface area contributed by atoms with Gasteiger partial charge in [-0.1, -0.05) is 48.6 Å². The minimum absolute atomic E-state index is 0.986. The van der Waals surface area contributed by atoms with Crippen molar-refractivity contribution in [3.63, 3.8) is 0 Å². The molecular weight excluding hydrogens is 156 g/mol. The minimum atomic E-state index is 0.986. The zero-order valence-corrected chi connectivity index (χ0v) is 8.38. The molecule has 0 atom stereocenters. The fraction of sp³-hybridized carbons (Fsp3) is 0.231. The van der Waals surface area contributed by atoms with E-state index in [1.54, 1.807) is 0 Å². The lowest BCUT2D eigenvalue weighted by Gasteiger charge is -2.02. The van der Waals surface area contributed by atoms with E-state index < -0.39 is 0 Å². The van der Waals surface area contributed by atoms with Gasteiger partial charge in [0.15, 0.2) is 0 Å². The molecule has 0 spiro atoms. The highest BCUT2D eigenvalue weighted by atomic mass is 14.0. The van der Waals surface area contributed by atoms with Crippen LogP contribution in [-0.2, 0) is 6.42 Å². The quantitative estimate of drug-likeness (QED) is 0.610. The standard InChI is InChI=1S/C13H16/c1-4-12(5-2)10-13-8-6-11(3)7-9-13/h4-9H,1,10H2,2-3H3/b12-5+. The van der Waals surface area contributed by atoms with Gasteiger partial charge in [0.05, 0.1) is 0 Å². The minimum Gasteiger partial charge on any atom is -0.0988 e. The SMILES string of the molecule is C=C/C(=C\C)Cc1ccc(C)cc1. The fourth-order valence-corrected chi connectivity index (χ4v) is 1.23. The van der Waals surface area contributed by atoms with E-state index in [0.717, 1.165) is 6.42 Å². The maximum atomic E-state index is 3.78. The highest BCUT2D eigenvalue weighted by Gasteiger charge is 1.94. The molecule has 0 saturated carbocycles. The van der Waals surface area contributed by atoms with Crippen LogP contribution >= 0.6 is 0 Å². The average Bonchev–Trinajstić information content (AvgIpc) is 2.17. The van der Waals surface area contributed by atoms with Crippen molar-refractivity contribution in [2.24, 2.45) is 0 Å². The highest BCUT2D eigenvalue weighted by Crippen LogP contribution is 2.09. The van der Waals surface area contributed by atoms with Gasteiger partial charge >= 0.3 is 0 Å². The molecule has 0 heteroatoms. The first-order chi connectivity index (χ1) is 6.26. The molecule has 0 N–H and O–H groups in total. The number of rotatable bonds is 3. The van der Waals surface area contributed by atoms with E-state index in [1.165, 1.54) is 16.7 Å². The molecule has 0 fully saturated rings. The molecule has 0 heterocycles. The van der Waals surface area contributed by atoms with Gasteiger partial charge in [0, 0.05) is 0 Å². The van der Waals surface area contributed by atoms with Gasteiger partial charge in [-0.05, 0) is 31.4 Å². The Bertz CT molecular complexity index is 301. The second-order valence-electron chi connectivity index (χ2n) is 3.23. The van der Waals surface area contributed by atoms with Crippen molar-refractivity contribution < 1.29 is 0 Å². The molecular formula is C13H16. The Hall–Kier alpha value is -1.30. The van der Waals surface area contributed by atoms with Crippen LogP contribution in [0.3, 0.4) is 0 Å². The van der Waals surface area contributed by atoms with Crippen LogP contribution in [0.1, 0.15) is 18.1 Å². The van der Waals surface area contributed by atoms with E-state index >= 15 is 0 Å². The summed E-state index contributed by atoms with van der Waals surface area (Å²) in [5.41, 5.74) is 3.94. The lowest BCUT2D eigenvalue weighted by Crippen LogP contribution is -1.87. The molecule has 0 aliphatic rings. The summed E-state index contributed by atoms with van der Waals surface area (Å²) in [5.74, 6) is 0. The molecule has 0 aliphatic heterocycles. The zero-order valence-electron chi connectivity index (χ0n) is 8.38. The Morgan fingerprint density at radius 1 is 1.31 bits per heavy atom. The van der Waals surface area contributed by atoms with E-state index in [0.29, 0.717) is 0 Å². The zero-order chi connectivity index (χ0) is 9.68. The Labute approximate surface area is 80.6 Å². The van der Waals surface area contributed by atoms with Gasteiger partial charge in [-0.25, -0.2) is 0 Å². The molecule has 0 aliphatic carbocycles. The summed E-state index contributed by atoms with van der Waals surface area (Å²) >= 11 is 0. The molecule has 1 rings (SSSR count). The summed E-state index contributed by atoms with van der Waals surface area (Å²) in [7, 11) is 0. The van der Waals surface area contributed by atoms with E-state index in [1.807, 2.05) is 13.0 Å². The van der Waals surface area contributed by atoms with Crippen LogP contribution < -0.4 is 0 Å². The molecule has 13 heavy (non-hydrogen) atoms. The van der Waals surface area contributed by atoms with Crippen molar-refractivity contribution in [3.05, 3.63) is 59.7 Å². The van der Waals surface area contributed by atoms with Crippen LogP contribution in [-0.4, -0.2) is 0 Å². The second kappa shape index (κ2) is 4.66. The van der Waals surface area contributed by atoms with Gasteiger partial charge in [-0.2, -0.15) is 0 Å². The third-order valence-electron chi connectivity index (χ3n) is 2.16. The molecule has 1 aromatic rings. The smallest absolute Gasteiger partial charge is 0.00293 e. The lowest BCUT2D eigenvalue weighted by atomic mass is 10.0. The van der Waals surface area contributed by atoms with E-state index in [-0.39, 0.29) is 0 Å². The molecule has 0 bridgehead atoms. The first kappa shape index (κ1) is 9.79. The van der Waals surface area contributed by atoms with Crippen LogP contribution in [0, 0.1) is 6.92 Å². The van der Waals surface area contributed by atoms with Gasteiger partial charge in [0.2, 0.25) is 0 Å². The first-order valence-corrected chi connectivity index (χ1v) is 4.59. The molecule has 0 amide bonds. The largest absolute Gasteiger partial charge is 0.0988 e. The summed E-state index contributed by atoms with van der Waals surface area (Å²) in [6.45, 7) is 7.93. The summed E-state index contributed by atoms with van der Waals surface area (Å²) in [6, 6.07) is 8.63. The third kappa shape index (κ3) is 2.90. The Balaban J connectivity index is 2.74. The topological polar surface area (TPSA) is 0 Å². The fourth-order valence-electron chi connectivity index (χ4n) is 1.23. The van der Waals surface area contributed by atoms with Crippen molar-refractivity contribution in [2.75, 3.05) is 0 Å². The lowest BCUT2D eigenvalue weighted by molar-refractivity contribution is 1.18. The first-order valence-electron chi connectivity index (χ1n) is 4.59. The number of aryl methyl sites for hydroxylation is 1. The maximum Gasteiger partial charge on any atom is -0.00293 e. The Kier molecular flexibility index (Phi) is 3.51. The van der Waals surface area contributed by atoms with E-state index in [2.05, 4.69) is 43.8 Å². The van der Waals surface area contributed by atoms with Crippen LogP contribution in [0.4, 0.5) is 0 Å². The number of benzene rings is 1. The van der Waals surface area contributed by atoms with Crippen LogP contribution in [0.5, 0.6) is 0 Å². The van der Waals surface area contributed by atoms with Crippen LogP contribution in [0.2, 0.25) is 0 Å². The number of hydrogen-bond donors (Lipinski definition) is 0. The van der Waals surface area contributed by atoms with Crippen molar-refractivity contribution in [1.29, 1.82) is 0 Å². The Morgan fingerprint density at radius 3 is 2.38 bits per heavy atom. The van der Waals surface area contributed by atoms with Gasteiger partial charge in [-0.3, -0.25) is 0 Å². The second-order valence-corrected chi connectivity index (χ2v) is 3.23. The summed E-state index contributed by atoms with van der Waals surface area (Å²) in [4.78, 5) is 0. The van der Waals surface area contributed by atoms with Crippen LogP contribution in [0.15, 0.2) is 48.6 Å². The van der Waals surface area contributed by atoms with Gasteiger partial charge in [0.1, 0.15) is 0 Å². The third-order valence-corrected chi connectivity index (χ3v) is 2.16. The molecule has 0 saturated heterocycles. The van der Waals surface area contributed by atoms with Crippen molar-refractivity contribution in [1.82, 2.24) is 0 Å². The predicted molar refractivity (Wildman–Crippen MR) is 58.8 cm³/mol. The van der Waals surface area contributed by atoms with Gasteiger partial charge in [-0.15, -0.1) is 0 Å². The summed E-state index contributed by atoms with van der Waals surface area (Å²) in [6.07, 6.45) is 5.01. The van der Waals surface area contributed by atoms with Crippen molar-refractivity contribution in [2.45, 2.75) is 20.3 Å². The molecule has 0 aromatic heterocycles. The maximum absolute atomic E-state index is 3.78. The van der Waals surface area contributed by atoms with Crippen molar-refractivity contribution in [3.8, 4) is 0 Å². The Morgan fingerprint density at radius 2 is 1.92 bits per heavy atom. The molecule has 0 radical (unpaired) electrons. The van der Waals surface area contributed by atoms with E-state index in [4.69, 9.17) is 0 Å². The highest BCUT2D eigenvalue weighted by molar-refractivity contribution is 5.29.